The van der Waals surface area contributed by atoms with Gasteiger partial charge in [-0.25, -0.2) is 4.79 Å². The van der Waals surface area contributed by atoms with Crippen LogP contribution in [0.25, 0.3) is 11.1 Å². The Balaban J connectivity index is 1.41. The van der Waals surface area contributed by atoms with E-state index < -0.39 is 12.1 Å². The van der Waals surface area contributed by atoms with Crippen molar-refractivity contribution in [1.82, 2.24) is 10.2 Å². The molecule has 2 aliphatic rings. The number of alkyl carbamates (subject to hydrolysis) is 1. The lowest BCUT2D eigenvalue weighted by Crippen LogP contribution is -2.48. The van der Waals surface area contributed by atoms with Gasteiger partial charge in [-0.15, -0.1) is 11.8 Å². The third-order valence-corrected chi connectivity index (χ3v) is 6.66. The first-order valence-electron chi connectivity index (χ1n) is 10.4. The Hall–Kier alpha value is -2.51. The number of carbonyl (C=O) groups excluding carboxylic acids is 2. The van der Waals surface area contributed by atoms with Gasteiger partial charge in [-0.1, -0.05) is 48.5 Å². The highest BCUT2D eigenvalue weighted by Gasteiger charge is 2.31. The van der Waals surface area contributed by atoms with Gasteiger partial charge in [0.2, 0.25) is 5.91 Å². The molecule has 2 aromatic carbocycles. The van der Waals surface area contributed by atoms with Crippen LogP contribution in [0, 0.1) is 0 Å². The Bertz CT molecular complexity index is 869. The molecule has 1 saturated heterocycles. The fourth-order valence-corrected chi connectivity index (χ4v) is 5.13. The number of amides is 2. The minimum absolute atomic E-state index is 0.00340. The summed E-state index contributed by atoms with van der Waals surface area (Å²) in [4.78, 5) is 27.1. The van der Waals surface area contributed by atoms with Gasteiger partial charge in [-0.3, -0.25) is 4.79 Å². The van der Waals surface area contributed by atoms with E-state index in [-0.39, 0.29) is 18.4 Å². The molecule has 6 nitrogen and oxygen atoms in total. The van der Waals surface area contributed by atoms with Crippen molar-refractivity contribution >= 4 is 23.8 Å². The molecule has 1 fully saturated rings. The summed E-state index contributed by atoms with van der Waals surface area (Å²) >= 11 is 1.72. The van der Waals surface area contributed by atoms with Gasteiger partial charge in [0, 0.05) is 18.2 Å². The first-order valence-corrected chi connectivity index (χ1v) is 11.5. The Kier molecular flexibility index (Phi) is 6.59. The monoisotopic (exact) mass is 425 g/mol. The van der Waals surface area contributed by atoms with Gasteiger partial charge >= 0.3 is 6.09 Å². The van der Waals surface area contributed by atoms with Crippen molar-refractivity contribution in [2.75, 3.05) is 31.3 Å². The number of hydrogen-bond donors (Lipinski definition) is 2. The SMILES string of the molecule is NCCC[C@H](NC(=O)OCC1c2ccccc2-c2ccccc21)C(=O)N1CCSC1. The zero-order chi connectivity index (χ0) is 20.9. The summed E-state index contributed by atoms with van der Waals surface area (Å²) in [5.41, 5.74) is 10.3. The van der Waals surface area contributed by atoms with E-state index in [0.29, 0.717) is 25.3 Å². The maximum atomic E-state index is 12.8. The van der Waals surface area contributed by atoms with E-state index in [1.54, 1.807) is 16.7 Å². The van der Waals surface area contributed by atoms with Crippen LogP contribution in [0.2, 0.25) is 0 Å². The maximum absolute atomic E-state index is 12.8. The third-order valence-electron chi connectivity index (χ3n) is 5.70. The van der Waals surface area contributed by atoms with Gasteiger partial charge in [0.1, 0.15) is 12.6 Å². The van der Waals surface area contributed by atoms with E-state index >= 15 is 0 Å². The first-order chi connectivity index (χ1) is 14.7. The molecule has 1 heterocycles. The lowest BCUT2D eigenvalue weighted by atomic mass is 9.98. The lowest BCUT2D eigenvalue weighted by molar-refractivity contribution is -0.132. The molecule has 1 atom stereocenters. The summed E-state index contributed by atoms with van der Waals surface area (Å²) in [6.45, 7) is 1.43. The first kappa shape index (κ1) is 20.8. The van der Waals surface area contributed by atoms with Gasteiger partial charge in [0.25, 0.3) is 0 Å². The van der Waals surface area contributed by atoms with Crippen molar-refractivity contribution < 1.29 is 14.3 Å². The summed E-state index contributed by atoms with van der Waals surface area (Å²) in [5, 5.41) is 2.78. The van der Waals surface area contributed by atoms with Crippen molar-refractivity contribution in [2.24, 2.45) is 5.73 Å². The number of benzene rings is 2. The van der Waals surface area contributed by atoms with E-state index in [1.807, 2.05) is 24.3 Å². The molecule has 2 amide bonds. The Labute approximate surface area is 181 Å². The third kappa shape index (κ3) is 4.32. The summed E-state index contributed by atoms with van der Waals surface area (Å²) in [6.07, 6.45) is 0.626. The molecule has 0 unspecified atom stereocenters. The number of nitrogens with two attached hydrogens (primary N) is 1. The largest absolute Gasteiger partial charge is 0.449 e. The molecule has 158 valence electrons. The van der Waals surface area contributed by atoms with Crippen molar-refractivity contribution in [3.8, 4) is 11.1 Å². The maximum Gasteiger partial charge on any atom is 0.407 e. The number of rotatable bonds is 7. The molecule has 0 aromatic heterocycles. The van der Waals surface area contributed by atoms with E-state index in [4.69, 9.17) is 10.5 Å². The van der Waals surface area contributed by atoms with Crippen molar-refractivity contribution in [3.63, 3.8) is 0 Å². The zero-order valence-corrected chi connectivity index (χ0v) is 17.7. The predicted octanol–water partition coefficient (Wildman–Crippen LogP) is 3.17. The predicted molar refractivity (Wildman–Crippen MR) is 119 cm³/mol. The van der Waals surface area contributed by atoms with E-state index in [1.165, 1.54) is 11.1 Å². The van der Waals surface area contributed by atoms with Crippen molar-refractivity contribution in [1.29, 1.82) is 0 Å². The van der Waals surface area contributed by atoms with Crippen LogP contribution in [0.5, 0.6) is 0 Å². The average molecular weight is 426 g/mol. The molecule has 0 spiro atoms. The van der Waals surface area contributed by atoms with Gasteiger partial charge in [-0.2, -0.15) is 0 Å². The van der Waals surface area contributed by atoms with E-state index in [2.05, 4.69) is 29.6 Å². The highest BCUT2D eigenvalue weighted by atomic mass is 32.2. The number of nitrogens with one attached hydrogen (secondary N) is 1. The molecule has 0 saturated carbocycles. The minimum atomic E-state index is -0.595. The van der Waals surface area contributed by atoms with Crippen LogP contribution in [0.1, 0.15) is 29.9 Å². The van der Waals surface area contributed by atoms with Gasteiger partial charge in [0.05, 0.1) is 5.88 Å². The van der Waals surface area contributed by atoms with E-state index in [0.717, 1.165) is 23.4 Å². The second kappa shape index (κ2) is 9.53. The topological polar surface area (TPSA) is 84.7 Å². The minimum Gasteiger partial charge on any atom is -0.449 e. The normalized spacial score (nSPS) is 16.1. The van der Waals surface area contributed by atoms with Crippen LogP contribution in [-0.4, -0.2) is 54.3 Å². The van der Waals surface area contributed by atoms with Crippen LogP contribution < -0.4 is 11.1 Å². The molecule has 3 N–H and O–H groups in total. The number of carbonyl (C=O) groups is 2. The molecular formula is C23H27N3O3S. The molecule has 0 radical (unpaired) electrons. The standard InChI is InChI=1S/C23H27N3O3S/c24-11-5-10-21(22(27)26-12-13-30-15-26)25-23(28)29-14-20-18-8-3-1-6-16(18)17-7-2-4-9-19(17)20/h1-4,6-9,20-21H,5,10-15,24H2,(H,25,28)/t21-/m0/s1. The molecule has 1 aliphatic heterocycles. The zero-order valence-electron chi connectivity index (χ0n) is 16.9. The second-order valence-corrected chi connectivity index (χ2v) is 8.67. The van der Waals surface area contributed by atoms with Gasteiger partial charge < -0.3 is 20.7 Å². The number of fused-ring (bicyclic) bond motifs is 3. The van der Waals surface area contributed by atoms with Crippen molar-refractivity contribution in [2.45, 2.75) is 24.8 Å². The summed E-state index contributed by atoms with van der Waals surface area (Å²) < 4.78 is 5.61. The number of hydrogen-bond acceptors (Lipinski definition) is 5. The smallest absolute Gasteiger partial charge is 0.407 e. The van der Waals surface area contributed by atoms with Crippen LogP contribution in [0.3, 0.4) is 0 Å². The summed E-state index contributed by atoms with van der Waals surface area (Å²) in [6, 6.07) is 15.8. The summed E-state index contributed by atoms with van der Waals surface area (Å²) in [5.74, 6) is 1.54. The van der Waals surface area contributed by atoms with Crippen LogP contribution >= 0.6 is 11.8 Å². The fraction of sp³-hybridized carbons (Fsp3) is 0.391. The number of thioether (sulfide) groups is 1. The molecule has 2 aromatic rings. The average Bonchev–Trinajstić information content (AvgIpc) is 3.41. The molecule has 4 rings (SSSR count). The molecule has 30 heavy (non-hydrogen) atoms. The van der Waals surface area contributed by atoms with Crippen molar-refractivity contribution in [3.05, 3.63) is 59.7 Å². The van der Waals surface area contributed by atoms with E-state index in [9.17, 15) is 9.59 Å². The lowest BCUT2D eigenvalue weighted by Gasteiger charge is -2.23. The Morgan fingerprint density at radius 2 is 1.80 bits per heavy atom. The molecule has 0 bridgehead atoms. The Morgan fingerprint density at radius 1 is 1.13 bits per heavy atom. The van der Waals surface area contributed by atoms with Crippen LogP contribution in [0.15, 0.2) is 48.5 Å². The van der Waals surface area contributed by atoms with Crippen LogP contribution in [0.4, 0.5) is 4.79 Å². The molecule has 1 aliphatic carbocycles. The fourth-order valence-electron chi connectivity index (χ4n) is 4.17. The summed E-state index contributed by atoms with van der Waals surface area (Å²) in [7, 11) is 0. The Morgan fingerprint density at radius 3 is 2.40 bits per heavy atom. The van der Waals surface area contributed by atoms with Crippen LogP contribution in [-0.2, 0) is 9.53 Å². The number of nitrogens with zero attached hydrogens (tertiary/aromatic N) is 1. The molecule has 7 heteroatoms. The highest BCUT2D eigenvalue weighted by Crippen LogP contribution is 2.44. The second-order valence-electron chi connectivity index (χ2n) is 7.59. The quantitative estimate of drug-likeness (QED) is 0.712. The highest BCUT2D eigenvalue weighted by molar-refractivity contribution is 7.99. The van der Waals surface area contributed by atoms with Gasteiger partial charge in [0.15, 0.2) is 0 Å². The molecular weight excluding hydrogens is 398 g/mol. The number of ether oxygens (including phenoxy) is 1. The van der Waals surface area contributed by atoms with Gasteiger partial charge in [-0.05, 0) is 41.6 Å².